The van der Waals surface area contributed by atoms with Gasteiger partial charge in [0.25, 0.3) is 5.69 Å². The lowest BCUT2D eigenvalue weighted by atomic mass is 10.0. The van der Waals surface area contributed by atoms with Crippen molar-refractivity contribution in [3.05, 3.63) is 81.9 Å². The van der Waals surface area contributed by atoms with Crippen molar-refractivity contribution in [2.24, 2.45) is 0 Å². The van der Waals surface area contributed by atoms with E-state index in [1.165, 1.54) is 12.1 Å². The van der Waals surface area contributed by atoms with E-state index in [0.29, 0.717) is 29.9 Å². The Hall–Kier alpha value is -3.92. The molecule has 0 unspecified atom stereocenters. The highest BCUT2D eigenvalue weighted by Gasteiger charge is 2.07. The Morgan fingerprint density at radius 1 is 1.00 bits per heavy atom. The number of carbonyl (C=O) groups is 1. The molecule has 178 valence electrons. The Morgan fingerprint density at radius 3 is 2.15 bits per heavy atom. The summed E-state index contributed by atoms with van der Waals surface area (Å²) in [7, 11) is 0. The van der Waals surface area contributed by atoms with Gasteiger partial charge in [-0.05, 0) is 61.2 Å². The lowest BCUT2D eigenvalue weighted by Gasteiger charge is -2.07. The van der Waals surface area contributed by atoms with Gasteiger partial charge in [-0.1, -0.05) is 44.4 Å². The second-order valence-electron chi connectivity index (χ2n) is 7.93. The topological polar surface area (TPSA) is 102 Å². The highest BCUT2D eigenvalue weighted by Crippen LogP contribution is 2.22. The van der Waals surface area contributed by atoms with Crippen LogP contribution in [0.1, 0.15) is 56.6 Å². The Bertz CT molecular complexity index is 1030. The van der Waals surface area contributed by atoms with Crippen molar-refractivity contribution in [3.63, 3.8) is 0 Å². The minimum atomic E-state index is -0.467. The van der Waals surface area contributed by atoms with Gasteiger partial charge in [-0.15, -0.1) is 0 Å². The summed E-state index contributed by atoms with van der Waals surface area (Å²) in [5.41, 5.74) is 2.32. The average Bonchev–Trinajstić information content (AvgIpc) is 2.84. The molecule has 0 saturated carbocycles. The van der Waals surface area contributed by atoms with Crippen molar-refractivity contribution in [2.75, 3.05) is 13.2 Å². The molecule has 2 aromatic carbocycles. The fourth-order valence-electron chi connectivity index (χ4n) is 3.16. The van der Waals surface area contributed by atoms with Crippen LogP contribution in [0.4, 0.5) is 5.69 Å². The predicted octanol–water partition coefficient (Wildman–Crippen LogP) is 6.50. The van der Waals surface area contributed by atoms with Gasteiger partial charge in [-0.25, -0.2) is 4.79 Å². The Kier molecular flexibility index (Phi) is 11.1. The van der Waals surface area contributed by atoms with E-state index < -0.39 is 4.92 Å². The summed E-state index contributed by atoms with van der Waals surface area (Å²) in [4.78, 5) is 21.6. The number of ether oxygens (including phenoxy) is 2. The molecule has 0 atom stereocenters. The molecule has 0 spiro atoms. The first-order chi connectivity index (χ1) is 16.4. The standard InChI is InChI=1S/C27H30N2O5/c1-21(2)27(30)34-18-8-6-4-3-5-7-17-33-26-15-9-22(10-16-26)19-24(20-28)23-11-13-25(14-12-23)29(31)32/h9-16,19H,1,3-8,17-18H2,2H3. The van der Waals surface area contributed by atoms with Crippen LogP contribution in [0.2, 0.25) is 0 Å². The van der Waals surface area contributed by atoms with Gasteiger partial charge < -0.3 is 9.47 Å². The van der Waals surface area contributed by atoms with Crippen LogP contribution < -0.4 is 4.74 Å². The maximum absolute atomic E-state index is 11.3. The van der Waals surface area contributed by atoms with E-state index in [2.05, 4.69) is 12.6 Å². The van der Waals surface area contributed by atoms with E-state index in [1.54, 1.807) is 25.1 Å². The molecule has 2 aromatic rings. The van der Waals surface area contributed by atoms with Gasteiger partial charge in [0.2, 0.25) is 0 Å². The Labute approximate surface area is 200 Å². The molecule has 0 radical (unpaired) electrons. The summed E-state index contributed by atoms with van der Waals surface area (Å²) in [5, 5.41) is 20.2. The van der Waals surface area contributed by atoms with Gasteiger partial charge in [0.15, 0.2) is 0 Å². The van der Waals surface area contributed by atoms with Crippen LogP contribution in [0, 0.1) is 21.4 Å². The number of esters is 1. The summed E-state index contributed by atoms with van der Waals surface area (Å²) in [5.74, 6) is 0.446. The molecule has 0 amide bonds. The number of unbranched alkanes of at least 4 members (excludes halogenated alkanes) is 5. The molecule has 0 N–H and O–H groups in total. The number of nitro benzene ring substituents is 1. The third kappa shape index (κ3) is 9.29. The summed E-state index contributed by atoms with van der Waals surface area (Å²) in [6.45, 7) is 6.28. The molecule has 0 aromatic heterocycles. The Morgan fingerprint density at radius 2 is 1.59 bits per heavy atom. The van der Waals surface area contributed by atoms with Gasteiger partial charge >= 0.3 is 5.97 Å². The Balaban J connectivity index is 1.68. The highest BCUT2D eigenvalue weighted by molar-refractivity contribution is 5.89. The average molecular weight is 463 g/mol. The smallest absolute Gasteiger partial charge is 0.333 e. The second-order valence-corrected chi connectivity index (χ2v) is 7.93. The fraction of sp³-hybridized carbons (Fsp3) is 0.333. The maximum Gasteiger partial charge on any atom is 0.333 e. The normalized spacial score (nSPS) is 10.9. The first-order valence-corrected chi connectivity index (χ1v) is 11.3. The minimum absolute atomic E-state index is 0.0100. The number of nitrogens with zero attached hydrogens (tertiary/aromatic N) is 2. The molecule has 7 heteroatoms. The number of nitriles is 1. The van der Waals surface area contributed by atoms with Gasteiger partial charge in [0.1, 0.15) is 5.75 Å². The number of carbonyl (C=O) groups excluding carboxylic acids is 1. The van der Waals surface area contributed by atoms with E-state index in [1.807, 2.05) is 24.3 Å². The van der Waals surface area contributed by atoms with Crippen LogP contribution in [0.5, 0.6) is 5.75 Å². The molecule has 0 saturated heterocycles. The van der Waals surface area contributed by atoms with Gasteiger partial charge in [-0.3, -0.25) is 10.1 Å². The number of allylic oxidation sites excluding steroid dienone is 1. The molecular formula is C27H30N2O5. The molecule has 34 heavy (non-hydrogen) atoms. The SMILES string of the molecule is C=C(C)C(=O)OCCCCCCCCOc1ccc(C=C(C#N)c2ccc([N+](=O)[O-])cc2)cc1. The molecular weight excluding hydrogens is 432 g/mol. The first-order valence-electron chi connectivity index (χ1n) is 11.3. The van der Waals surface area contributed by atoms with E-state index in [9.17, 15) is 20.2 Å². The lowest BCUT2D eigenvalue weighted by Crippen LogP contribution is -2.06. The summed E-state index contributed by atoms with van der Waals surface area (Å²) < 4.78 is 10.9. The molecule has 0 aliphatic rings. The summed E-state index contributed by atoms with van der Waals surface area (Å²) in [6.07, 6.45) is 7.89. The molecule has 0 aliphatic carbocycles. The number of nitro groups is 1. The summed E-state index contributed by atoms with van der Waals surface area (Å²) >= 11 is 0. The largest absolute Gasteiger partial charge is 0.494 e. The van der Waals surface area contributed by atoms with Crippen LogP contribution >= 0.6 is 0 Å². The molecule has 2 rings (SSSR count). The molecule has 0 aliphatic heterocycles. The van der Waals surface area contributed by atoms with Crippen molar-refractivity contribution in [1.29, 1.82) is 5.26 Å². The zero-order chi connectivity index (χ0) is 24.8. The van der Waals surface area contributed by atoms with Gasteiger partial charge in [-0.2, -0.15) is 5.26 Å². The number of hydrogen-bond donors (Lipinski definition) is 0. The predicted molar refractivity (Wildman–Crippen MR) is 132 cm³/mol. The van der Waals surface area contributed by atoms with Crippen LogP contribution in [-0.2, 0) is 9.53 Å². The maximum atomic E-state index is 11.3. The second kappa shape index (κ2) is 14.3. The van der Waals surface area contributed by atoms with Crippen molar-refractivity contribution < 1.29 is 19.2 Å². The quantitative estimate of drug-likeness (QED) is 0.0604. The van der Waals surface area contributed by atoms with Crippen LogP contribution in [0.15, 0.2) is 60.7 Å². The summed E-state index contributed by atoms with van der Waals surface area (Å²) in [6, 6.07) is 15.5. The number of benzene rings is 2. The van der Waals surface area contributed by atoms with Crippen LogP contribution in [-0.4, -0.2) is 24.1 Å². The lowest BCUT2D eigenvalue weighted by molar-refractivity contribution is -0.384. The van der Waals surface area contributed by atoms with Crippen molar-refractivity contribution in [3.8, 4) is 11.8 Å². The van der Waals surface area contributed by atoms with Gasteiger partial charge in [0, 0.05) is 17.7 Å². The fourth-order valence-corrected chi connectivity index (χ4v) is 3.16. The van der Waals surface area contributed by atoms with Gasteiger partial charge in [0.05, 0.1) is 29.8 Å². The van der Waals surface area contributed by atoms with E-state index in [-0.39, 0.29) is 11.7 Å². The molecule has 0 heterocycles. The number of rotatable bonds is 14. The first kappa shape index (κ1) is 26.3. The zero-order valence-corrected chi connectivity index (χ0v) is 19.5. The third-order valence-electron chi connectivity index (χ3n) is 5.09. The zero-order valence-electron chi connectivity index (χ0n) is 19.5. The third-order valence-corrected chi connectivity index (χ3v) is 5.09. The van der Waals surface area contributed by atoms with E-state index >= 15 is 0 Å². The van der Waals surface area contributed by atoms with Crippen molar-refractivity contribution in [2.45, 2.75) is 45.4 Å². The molecule has 0 bridgehead atoms. The number of non-ortho nitro benzene ring substituents is 1. The van der Waals surface area contributed by atoms with Crippen LogP contribution in [0.25, 0.3) is 11.6 Å². The van der Waals surface area contributed by atoms with Crippen LogP contribution in [0.3, 0.4) is 0 Å². The van der Waals surface area contributed by atoms with E-state index in [4.69, 9.17) is 9.47 Å². The van der Waals surface area contributed by atoms with Crippen molar-refractivity contribution in [1.82, 2.24) is 0 Å². The minimum Gasteiger partial charge on any atom is -0.494 e. The highest BCUT2D eigenvalue weighted by atomic mass is 16.6. The molecule has 7 nitrogen and oxygen atoms in total. The molecule has 0 fully saturated rings. The van der Waals surface area contributed by atoms with E-state index in [0.717, 1.165) is 49.8 Å². The van der Waals surface area contributed by atoms with Crippen molar-refractivity contribution >= 4 is 23.3 Å². The number of hydrogen-bond acceptors (Lipinski definition) is 6. The monoisotopic (exact) mass is 462 g/mol.